The molecule has 4 heterocycles. The van der Waals surface area contributed by atoms with Crippen LogP contribution in [-0.4, -0.2) is 72.4 Å². The van der Waals surface area contributed by atoms with E-state index in [9.17, 15) is 18.3 Å². The molecule has 0 unspecified atom stereocenters. The molecule has 0 aromatic carbocycles. The number of hydrogen-bond donors (Lipinski definition) is 1. The summed E-state index contributed by atoms with van der Waals surface area (Å²) in [7, 11) is 2.04. The SMILES string of the molecule is CN1CCC[C@]2(CO)CCN(c3cc(C(F)(F)F)nc(N4CCCC4)n3)C[C@@H]12. The molecule has 0 radical (unpaired) electrons. The number of piperidine rings is 2. The van der Waals surface area contributed by atoms with Gasteiger partial charge < -0.3 is 19.8 Å². The first-order valence-electron chi connectivity index (χ1n) is 10.1. The predicted molar refractivity (Wildman–Crippen MR) is 100 cm³/mol. The molecule has 0 aliphatic carbocycles. The molecule has 28 heavy (non-hydrogen) atoms. The van der Waals surface area contributed by atoms with Gasteiger partial charge in [0, 0.05) is 43.7 Å². The highest BCUT2D eigenvalue weighted by Gasteiger charge is 2.47. The van der Waals surface area contributed by atoms with Gasteiger partial charge in [-0.2, -0.15) is 18.2 Å². The van der Waals surface area contributed by atoms with E-state index >= 15 is 0 Å². The quantitative estimate of drug-likeness (QED) is 0.842. The molecule has 3 aliphatic rings. The zero-order valence-electron chi connectivity index (χ0n) is 16.3. The largest absolute Gasteiger partial charge is 0.433 e. The zero-order valence-corrected chi connectivity index (χ0v) is 16.3. The molecule has 156 valence electrons. The molecule has 0 amide bonds. The van der Waals surface area contributed by atoms with Crippen molar-refractivity contribution in [1.82, 2.24) is 14.9 Å². The van der Waals surface area contributed by atoms with Crippen molar-refractivity contribution in [3.8, 4) is 0 Å². The summed E-state index contributed by atoms with van der Waals surface area (Å²) in [6, 6.07) is 1.19. The van der Waals surface area contributed by atoms with Gasteiger partial charge in [0.1, 0.15) is 5.82 Å². The number of aromatic nitrogens is 2. The van der Waals surface area contributed by atoms with Gasteiger partial charge in [-0.15, -0.1) is 0 Å². The number of likely N-dealkylation sites (N-methyl/N-ethyl adjacent to an activating group) is 1. The first kappa shape index (κ1) is 19.7. The molecule has 1 N–H and O–H groups in total. The van der Waals surface area contributed by atoms with E-state index in [1.807, 2.05) is 16.8 Å². The Morgan fingerprint density at radius 1 is 1.07 bits per heavy atom. The highest BCUT2D eigenvalue weighted by Crippen LogP contribution is 2.43. The first-order chi connectivity index (χ1) is 13.3. The number of aliphatic hydroxyl groups excluding tert-OH is 1. The maximum Gasteiger partial charge on any atom is 0.433 e. The van der Waals surface area contributed by atoms with Crippen LogP contribution in [0.15, 0.2) is 6.07 Å². The van der Waals surface area contributed by atoms with Crippen LogP contribution in [0.1, 0.15) is 37.8 Å². The highest BCUT2D eigenvalue weighted by molar-refractivity contribution is 5.48. The van der Waals surface area contributed by atoms with Crippen molar-refractivity contribution in [1.29, 1.82) is 0 Å². The number of likely N-dealkylation sites (tertiary alicyclic amines) is 1. The molecule has 0 saturated carbocycles. The van der Waals surface area contributed by atoms with Crippen molar-refractivity contribution in [2.24, 2.45) is 5.41 Å². The second-order valence-electron chi connectivity index (χ2n) is 8.42. The third-order valence-electron chi connectivity index (χ3n) is 6.72. The van der Waals surface area contributed by atoms with Crippen molar-refractivity contribution in [3.63, 3.8) is 0 Å². The Bertz CT molecular complexity index is 709. The lowest BCUT2D eigenvalue weighted by Crippen LogP contribution is -2.61. The lowest BCUT2D eigenvalue weighted by atomic mass is 9.69. The van der Waals surface area contributed by atoms with Gasteiger partial charge in [-0.25, -0.2) is 4.98 Å². The number of rotatable bonds is 3. The summed E-state index contributed by atoms with van der Waals surface area (Å²) in [4.78, 5) is 14.4. The molecule has 0 spiro atoms. The fourth-order valence-corrected chi connectivity index (χ4v) is 5.01. The summed E-state index contributed by atoms with van der Waals surface area (Å²) in [5, 5.41) is 10.1. The topological polar surface area (TPSA) is 55.7 Å². The molecule has 3 saturated heterocycles. The summed E-state index contributed by atoms with van der Waals surface area (Å²) < 4.78 is 40.4. The molecule has 1 aromatic rings. The van der Waals surface area contributed by atoms with Gasteiger partial charge in [-0.3, -0.25) is 0 Å². The van der Waals surface area contributed by atoms with E-state index in [1.54, 1.807) is 0 Å². The van der Waals surface area contributed by atoms with E-state index < -0.39 is 11.9 Å². The van der Waals surface area contributed by atoms with E-state index in [1.165, 1.54) is 0 Å². The second-order valence-corrected chi connectivity index (χ2v) is 8.42. The fourth-order valence-electron chi connectivity index (χ4n) is 5.01. The normalized spacial score (nSPS) is 29.2. The third-order valence-corrected chi connectivity index (χ3v) is 6.72. The number of fused-ring (bicyclic) bond motifs is 1. The lowest BCUT2D eigenvalue weighted by molar-refractivity contribution is -0.141. The van der Waals surface area contributed by atoms with Gasteiger partial charge >= 0.3 is 6.18 Å². The van der Waals surface area contributed by atoms with Crippen LogP contribution < -0.4 is 9.80 Å². The summed E-state index contributed by atoms with van der Waals surface area (Å²) in [5.74, 6) is 0.521. The van der Waals surface area contributed by atoms with Crippen LogP contribution in [0.5, 0.6) is 0 Å². The second kappa shape index (κ2) is 7.33. The van der Waals surface area contributed by atoms with E-state index in [0.717, 1.165) is 44.7 Å². The Morgan fingerprint density at radius 2 is 1.82 bits per heavy atom. The van der Waals surface area contributed by atoms with Crippen LogP contribution >= 0.6 is 0 Å². The van der Waals surface area contributed by atoms with E-state index in [0.29, 0.717) is 32.0 Å². The molecule has 4 rings (SSSR count). The van der Waals surface area contributed by atoms with E-state index in [-0.39, 0.29) is 24.0 Å². The number of aliphatic hydroxyl groups is 1. The minimum atomic E-state index is -4.50. The average Bonchev–Trinajstić information content (AvgIpc) is 3.22. The molecule has 0 bridgehead atoms. The van der Waals surface area contributed by atoms with Crippen LogP contribution in [0.4, 0.5) is 24.9 Å². The third kappa shape index (κ3) is 3.54. The Balaban J connectivity index is 1.65. The van der Waals surface area contributed by atoms with E-state index in [2.05, 4.69) is 14.9 Å². The fraction of sp³-hybridized carbons (Fsp3) is 0.789. The molecule has 1 aromatic heterocycles. The number of nitrogens with zero attached hydrogens (tertiary/aromatic N) is 5. The minimum absolute atomic E-state index is 0.111. The standard InChI is InChI=1S/C19H28F3N5O/c1-25-7-4-5-18(13-28)6-10-27(12-15(18)25)16-11-14(19(20,21)22)23-17(24-16)26-8-2-3-9-26/h11,15,28H,2-10,12-13H2,1H3/t15-,18-/m1/s1. The smallest absolute Gasteiger partial charge is 0.396 e. The summed E-state index contributed by atoms with van der Waals surface area (Å²) >= 11 is 0. The van der Waals surface area contributed by atoms with Gasteiger partial charge in [-0.05, 0) is 45.7 Å². The van der Waals surface area contributed by atoms with Gasteiger partial charge in [0.25, 0.3) is 0 Å². The molecule has 3 fully saturated rings. The number of alkyl halides is 3. The van der Waals surface area contributed by atoms with Gasteiger partial charge in [0.2, 0.25) is 5.95 Å². The lowest BCUT2D eigenvalue weighted by Gasteiger charge is -2.53. The minimum Gasteiger partial charge on any atom is -0.396 e. The van der Waals surface area contributed by atoms with Crippen LogP contribution in [0.2, 0.25) is 0 Å². The Hall–Kier alpha value is -1.61. The molecule has 9 heteroatoms. The molecular weight excluding hydrogens is 371 g/mol. The van der Waals surface area contributed by atoms with Gasteiger partial charge in [-0.1, -0.05) is 0 Å². The summed E-state index contributed by atoms with van der Waals surface area (Å²) in [5.41, 5.74) is -1.04. The molecule has 3 aliphatic heterocycles. The van der Waals surface area contributed by atoms with Gasteiger partial charge in [0.15, 0.2) is 5.69 Å². The van der Waals surface area contributed by atoms with Crippen molar-refractivity contribution in [3.05, 3.63) is 11.8 Å². The van der Waals surface area contributed by atoms with Crippen LogP contribution in [-0.2, 0) is 6.18 Å². The first-order valence-corrected chi connectivity index (χ1v) is 10.1. The maximum absolute atomic E-state index is 13.5. The average molecular weight is 399 g/mol. The predicted octanol–water partition coefficient (Wildman–Crippen LogP) is 2.38. The molecule has 2 atom stereocenters. The monoisotopic (exact) mass is 399 g/mol. The molecule has 6 nitrogen and oxygen atoms in total. The van der Waals surface area contributed by atoms with Crippen LogP contribution in [0.25, 0.3) is 0 Å². The van der Waals surface area contributed by atoms with Crippen molar-refractivity contribution < 1.29 is 18.3 Å². The highest BCUT2D eigenvalue weighted by atomic mass is 19.4. The Labute approximate surface area is 163 Å². The van der Waals surface area contributed by atoms with E-state index in [4.69, 9.17) is 0 Å². The van der Waals surface area contributed by atoms with Crippen molar-refractivity contribution in [2.75, 3.05) is 56.2 Å². The zero-order chi connectivity index (χ0) is 19.9. The Morgan fingerprint density at radius 3 is 2.50 bits per heavy atom. The number of halogens is 3. The van der Waals surface area contributed by atoms with Gasteiger partial charge in [0.05, 0.1) is 6.61 Å². The Kier molecular flexibility index (Phi) is 5.16. The molecular formula is C19H28F3N5O. The summed E-state index contributed by atoms with van der Waals surface area (Å²) in [6.45, 7) is 3.62. The number of anilines is 2. The maximum atomic E-state index is 13.5. The van der Waals surface area contributed by atoms with Crippen LogP contribution in [0.3, 0.4) is 0 Å². The van der Waals surface area contributed by atoms with Crippen LogP contribution in [0, 0.1) is 5.41 Å². The summed E-state index contributed by atoms with van der Waals surface area (Å²) in [6.07, 6.45) is 0.151. The van der Waals surface area contributed by atoms with Crippen molar-refractivity contribution >= 4 is 11.8 Å². The van der Waals surface area contributed by atoms with Crippen molar-refractivity contribution in [2.45, 2.75) is 44.3 Å². The number of hydrogen-bond acceptors (Lipinski definition) is 6.